The third-order valence-electron chi connectivity index (χ3n) is 6.92. The van der Waals surface area contributed by atoms with Crippen molar-refractivity contribution in [3.8, 4) is 16.9 Å². The number of ether oxygens (including phenoxy) is 1. The van der Waals surface area contributed by atoms with Gasteiger partial charge in [0, 0.05) is 29.6 Å². The number of methoxy groups -OCH3 is 1. The van der Waals surface area contributed by atoms with Gasteiger partial charge in [0.15, 0.2) is 0 Å². The molecule has 0 aliphatic carbocycles. The molecule has 3 aliphatic heterocycles. The van der Waals surface area contributed by atoms with Crippen LogP contribution in [0.3, 0.4) is 0 Å². The van der Waals surface area contributed by atoms with Gasteiger partial charge in [0.25, 0.3) is 5.91 Å². The molecule has 2 N–H and O–H groups in total. The predicted molar refractivity (Wildman–Crippen MR) is 129 cm³/mol. The lowest BCUT2D eigenvalue weighted by atomic mass is 9.95. The van der Waals surface area contributed by atoms with Crippen LogP contribution in [0.5, 0.6) is 5.75 Å². The molecule has 0 spiro atoms. The van der Waals surface area contributed by atoms with Crippen LogP contribution < -0.4 is 15.4 Å². The second-order valence-electron chi connectivity index (χ2n) is 8.92. The van der Waals surface area contributed by atoms with Gasteiger partial charge in [0.2, 0.25) is 11.8 Å². The molecular weight excluding hydrogens is 456 g/mol. The number of amides is 3. The number of carbonyl (C=O) groups excluding carboxylic acids is 3. The molecule has 9 heteroatoms. The van der Waals surface area contributed by atoms with Gasteiger partial charge in [0.05, 0.1) is 24.9 Å². The summed E-state index contributed by atoms with van der Waals surface area (Å²) >= 11 is 6.20. The number of fused-ring (bicyclic) bond motifs is 2. The second-order valence-corrected chi connectivity index (χ2v) is 9.35. The molecule has 0 saturated carbocycles. The number of hydrogen-bond donors (Lipinski definition) is 2. The van der Waals surface area contributed by atoms with E-state index in [0.29, 0.717) is 35.1 Å². The molecule has 2 aromatic carbocycles. The van der Waals surface area contributed by atoms with Gasteiger partial charge in [-0.15, -0.1) is 0 Å². The van der Waals surface area contributed by atoms with Crippen LogP contribution >= 0.6 is 11.6 Å². The molecule has 3 amide bonds. The highest BCUT2D eigenvalue weighted by atomic mass is 35.5. The quantitative estimate of drug-likeness (QED) is 0.701. The Morgan fingerprint density at radius 1 is 1.06 bits per heavy atom. The minimum absolute atomic E-state index is 0.0234. The average Bonchev–Trinajstić information content (AvgIpc) is 2.97. The van der Waals surface area contributed by atoms with Crippen molar-refractivity contribution in [3.63, 3.8) is 0 Å². The Labute approximate surface area is 203 Å². The van der Waals surface area contributed by atoms with Gasteiger partial charge < -0.3 is 25.2 Å². The average molecular weight is 483 g/mol. The molecule has 0 aromatic heterocycles. The van der Waals surface area contributed by atoms with Crippen LogP contribution in [0, 0.1) is 5.92 Å². The highest BCUT2D eigenvalue weighted by Crippen LogP contribution is 2.36. The zero-order valence-electron chi connectivity index (χ0n) is 19.0. The first-order chi connectivity index (χ1) is 16.5. The second kappa shape index (κ2) is 9.27. The Hall–Kier alpha value is -3.10. The van der Waals surface area contributed by atoms with Gasteiger partial charge in [-0.2, -0.15) is 0 Å². The van der Waals surface area contributed by atoms with E-state index in [4.69, 9.17) is 16.3 Å². The van der Waals surface area contributed by atoms with E-state index in [2.05, 4.69) is 10.6 Å². The van der Waals surface area contributed by atoms with Crippen LogP contribution in [0.2, 0.25) is 5.02 Å². The first-order valence-electron chi connectivity index (χ1n) is 11.6. The number of rotatable bonds is 3. The predicted octanol–water partition coefficient (Wildman–Crippen LogP) is 2.62. The van der Waals surface area contributed by atoms with Crippen LogP contribution in [-0.4, -0.2) is 73.4 Å². The lowest BCUT2D eigenvalue weighted by Crippen LogP contribution is -2.60. The highest BCUT2D eigenvalue weighted by Gasteiger charge is 2.41. The fourth-order valence-electron chi connectivity index (χ4n) is 5.05. The normalized spacial score (nSPS) is 20.8. The van der Waals surface area contributed by atoms with Crippen molar-refractivity contribution in [1.29, 1.82) is 0 Å². The van der Waals surface area contributed by atoms with Crippen molar-refractivity contribution in [3.05, 3.63) is 47.0 Å². The van der Waals surface area contributed by atoms with Crippen molar-refractivity contribution >= 4 is 35.0 Å². The van der Waals surface area contributed by atoms with E-state index in [9.17, 15) is 14.4 Å². The molecule has 34 heavy (non-hydrogen) atoms. The lowest BCUT2D eigenvalue weighted by molar-refractivity contribution is -0.140. The smallest absolute Gasteiger partial charge is 0.256 e. The SMILES string of the molecule is COc1ccc(Cl)cc1-c1ccc2c(c1)C(=O)N1CCN(C(=O)C3CCNCC3)C[C@@H]1C(=O)N2. The molecule has 2 saturated heterocycles. The first-order valence-corrected chi connectivity index (χ1v) is 11.9. The molecular formula is C25H27ClN4O4. The fraction of sp³-hybridized carbons (Fsp3) is 0.400. The summed E-state index contributed by atoms with van der Waals surface area (Å²) in [5.74, 6) is 0.193. The molecule has 178 valence electrons. The number of anilines is 1. The monoisotopic (exact) mass is 482 g/mol. The summed E-state index contributed by atoms with van der Waals surface area (Å²) in [7, 11) is 1.58. The van der Waals surface area contributed by atoms with E-state index >= 15 is 0 Å². The van der Waals surface area contributed by atoms with E-state index in [1.807, 2.05) is 6.07 Å². The van der Waals surface area contributed by atoms with Gasteiger partial charge in [-0.1, -0.05) is 17.7 Å². The summed E-state index contributed by atoms with van der Waals surface area (Å²) in [6.45, 7) is 2.61. The molecule has 1 atom stereocenters. The van der Waals surface area contributed by atoms with Crippen LogP contribution in [0.15, 0.2) is 36.4 Å². The van der Waals surface area contributed by atoms with Crippen molar-refractivity contribution < 1.29 is 19.1 Å². The maximum absolute atomic E-state index is 13.6. The van der Waals surface area contributed by atoms with Crippen molar-refractivity contribution in [2.24, 2.45) is 5.92 Å². The summed E-state index contributed by atoms with van der Waals surface area (Å²) in [6.07, 6.45) is 1.60. The van der Waals surface area contributed by atoms with Crippen molar-refractivity contribution in [2.75, 3.05) is 45.2 Å². The van der Waals surface area contributed by atoms with Crippen LogP contribution in [0.4, 0.5) is 5.69 Å². The molecule has 2 aromatic rings. The van der Waals surface area contributed by atoms with Crippen molar-refractivity contribution in [1.82, 2.24) is 15.1 Å². The maximum Gasteiger partial charge on any atom is 0.256 e. The summed E-state index contributed by atoms with van der Waals surface area (Å²) in [6, 6.07) is 9.92. The fourth-order valence-corrected chi connectivity index (χ4v) is 5.22. The molecule has 0 unspecified atom stereocenters. The number of piperazine rings is 1. The Bertz CT molecular complexity index is 1150. The minimum Gasteiger partial charge on any atom is -0.496 e. The number of nitrogens with zero attached hydrogens (tertiary/aromatic N) is 2. The minimum atomic E-state index is -0.719. The Balaban J connectivity index is 1.42. The molecule has 0 bridgehead atoms. The number of benzene rings is 2. The van der Waals surface area contributed by atoms with E-state index < -0.39 is 6.04 Å². The molecule has 0 radical (unpaired) electrons. The Morgan fingerprint density at radius 2 is 1.85 bits per heavy atom. The third kappa shape index (κ3) is 4.12. The van der Waals surface area contributed by atoms with E-state index in [-0.39, 0.29) is 30.2 Å². The van der Waals surface area contributed by atoms with Gasteiger partial charge >= 0.3 is 0 Å². The number of hydrogen-bond acceptors (Lipinski definition) is 5. The van der Waals surface area contributed by atoms with Gasteiger partial charge in [-0.3, -0.25) is 14.4 Å². The standard InChI is InChI=1S/C25H27ClN4O4/c1-34-22-5-3-17(26)13-18(22)16-2-4-20-19(12-16)25(33)30-11-10-29(14-21(30)23(31)28-20)24(32)15-6-8-27-9-7-15/h2-5,12-13,15,21,27H,6-11,14H2,1H3,(H,28,31)/t21-/m1/s1. The number of nitrogens with one attached hydrogen (secondary N) is 2. The van der Waals surface area contributed by atoms with Crippen LogP contribution in [-0.2, 0) is 9.59 Å². The van der Waals surface area contributed by atoms with E-state index in [1.165, 1.54) is 0 Å². The zero-order chi connectivity index (χ0) is 23.8. The maximum atomic E-state index is 13.6. The summed E-state index contributed by atoms with van der Waals surface area (Å²) < 4.78 is 5.47. The Kier molecular flexibility index (Phi) is 6.18. The summed E-state index contributed by atoms with van der Waals surface area (Å²) in [5, 5.41) is 6.73. The number of carbonyl (C=O) groups is 3. The topological polar surface area (TPSA) is 91.0 Å². The van der Waals surface area contributed by atoms with Gasteiger partial charge in [-0.25, -0.2) is 0 Å². The number of piperidine rings is 1. The molecule has 3 heterocycles. The number of halogens is 1. The first kappa shape index (κ1) is 22.7. The molecule has 3 aliphatic rings. The molecule has 8 nitrogen and oxygen atoms in total. The zero-order valence-corrected chi connectivity index (χ0v) is 19.7. The van der Waals surface area contributed by atoms with E-state index in [0.717, 1.165) is 37.1 Å². The summed E-state index contributed by atoms with van der Waals surface area (Å²) in [4.78, 5) is 43.1. The van der Waals surface area contributed by atoms with Crippen LogP contribution in [0.1, 0.15) is 23.2 Å². The molecule has 5 rings (SSSR count). The third-order valence-corrected chi connectivity index (χ3v) is 7.16. The van der Waals surface area contributed by atoms with Crippen molar-refractivity contribution in [2.45, 2.75) is 18.9 Å². The van der Waals surface area contributed by atoms with Gasteiger partial charge in [0.1, 0.15) is 11.8 Å². The highest BCUT2D eigenvalue weighted by molar-refractivity contribution is 6.31. The van der Waals surface area contributed by atoms with E-state index in [1.54, 1.807) is 47.2 Å². The molecule has 2 fully saturated rings. The largest absolute Gasteiger partial charge is 0.496 e. The Morgan fingerprint density at radius 3 is 2.62 bits per heavy atom. The summed E-state index contributed by atoms with van der Waals surface area (Å²) in [5.41, 5.74) is 2.40. The van der Waals surface area contributed by atoms with Crippen LogP contribution in [0.25, 0.3) is 11.1 Å². The lowest BCUT2D eigenvalue weighted by Gasteiger charge is -2.41. The van der Waals surface area contributed by atoms with Gasteiger partial charge in [-0.05, 0) is 61.8 Å².